The quantitative estimate of drug-likeness (QED) is 0.661. The zero-order valence-electron chi connectivity index (χ0n) is 15.8. The van der Waals surface area contributed by atoms with Gasteiger partial charge in [-0.2, -0.15) is 0 Å². The summed E-state index contributed by atoms with van der Waals surface area (Å²) < 4.78 is 24.3. The molecule has 1 aliphatic heterocycles. The maximum absolute atomic E-state index is 13.0. The molecule has 2 N–H and O–H groups in total. The van der Waals surface area contributed by atoms with Crippen molar-refractivity contribution in [3.05, 3.63) is 59.4 Å². The normalized spacial score (nSPS) is 14.9. The SMILES string of the molecule is COc1cc(CNCCN2CCNCC2)ccc1OCc1ccc(F)cc1. The summed E-state index contributed by atoms with van der Waals surface area (Å²) in [5.41, 5.74) is 2.07. The minimum absolute atomic E-state index is 0.245. The number of halogens is 1. The number of benzene rings is 2. The summed E-state index contributed by atoms with van der Waals surface area (Å²) >= 11 is 0. The minimum Gasteiger partial charge on any atom is -0.493 e. The Kier molecular flexibility index (Phi) is 7.45. The van der Waals surface area contributed by atoms with Crippen molar-refractivity contribution in [3.63, 3.8) is 0 Å². The number of piperazine rings is 1. The van der Waals surface area contributed by atoms with E-state index in [1.54, 1.807) is 19.2 Å². The van der Waals surface area contributed by atoms with Gasteiger partial charge in [-0.25, -0.2) is 4.39 Å². The van der Waals surface area contributed by atoms with Crippen molar-refractivity contribution < 1.29 is 13.9 Å². The van der Waals surface area contributed by atoms with Crippen molar-refractivity contribution >= 4 is 0 Å². The molecule has 5 nitrogen and oxygen atoms in total. The number of ether oxygens (including phenoxy) is 2. The first kappa shape index (κ1) is 19.6. The highest BCUT2D eigenvalue weighted by Crippen LogP contribution is 2.28. The van der Waals surface area contributed by atoms with E-state index in [1.165, 1.54) is 12.1 Å². The highest BCUT2D eigenvalue weighted by molar-refractivity contribution is 5.43. The van der Waals surface area contributed by atoms with Crippen LogP contribution >= 0.6 is 0 Å². The third-order valence-electron chi connectivity index (χ3n) is 4.68. The molecule has 1 aliphatic rings. The van der Waals surface area contributed by atoms with Crippen LogP contribution in [0.1, 0.15) is 11.1 Å². The molecule has 0 unspecified atom stereocenters. The van der Waals surface area contributed by atoms with E-state index in [0.29, 0.717) is 18.1 Å². The van der Waals surface area contributed by atoms with Crippen LogP contribution in [0.2, 0.25) is 0 Å². The Morgan fingerprint density at radius 1 is 1.04 bits per heavy atom. The molecule has 3 rings (SSSR count). The summed E-state index contributed by atoms with van der Waals surface area (Å²) in [5, 5.41) is 6.86. The lowest BCUT2D eigenvalue weighted by molar-refractivity contribution is 0.241. The smallest absolute Gasteiger partial charge is 0.161 e. The van der Waals surface area contributed by atoms with Crippen molar-refractivity contribution in [2.45, 2.75) is 13.2 Å². The van der Waals surface area contributed by atoms with Crippen molar-refractivity contribution in [1.82, 2.24) is 15.5 Å². The molecule has 0 aromatic heterocycles. The van der Waals surface area contributed by atoms with Gasteiger partial charge in [-0.1, -0.05) is 18.2 Å². The fraction of sp³-hybridized carbons (Fsp3) is 0.429. The lowest BCUT2D eigenvalue weighted by Gasteiger charge is -2.27. The molecule has 0 bridgehead atoms. The van der Waals surface area contributed by atoms with Crippen molar-refractivity contribution in [3.8, 4) is 11.5 Å². The van der Waals surface area contributed by atoms with Crippen LogP contribution in [0.3, 0.4) is 0 Å². The van der Waals surface area contributed by atoms with Crippen molar-refractivity contribution in [2.24, 2.45) is 0 Å². The van der Waals surface area contributed by atoms with Gasteiger partial charge in [-0.3, -0.25) is 4.90 Å². The topological polar surface area (TPSA) is 45.8 Å². The molecule has 2 aromatic carbocycles. The Hall–Kier alpha value is -2.15. The Bertz CT molecular complexity index is 703. The number of rotatable bonds is 9. The van der Waals surface area contributed by atoms with Crippen LogP contribution < -0.4 is 20.1 Å². The average Bonchev–Trinajstić information content (AvgIpc) is 2.72. The predicted octanol–water partition coefficient (Wildman–Crippen LogP) is 2.41. The van der Waals surface area contributed by atoms with E-state index >= 15 is 0 Å². The third kappa shape index (κ3) is 6.20. The van der Waals surface area contributed by atoms with E-state index in [-0.39, 0.29) is 5.82 Å². The first-order chi connectivity index (χ1) is 13.2. The maximum atomic E-state index is 13.0. The number of hydrogen-bond donors (Lipinski definition) is 2. The molecule has 0 aliphatic carbocycles. The van der Waals surface area contributed by atoms with Gasteiger partial charge in [0, 0.05) is 45.8 Å². The fourth-order valence-corrected chi connectivity index (χ4v) is 3.09. The van der Waals surface area contributed by atoms with Gasteiger partial charge in [-0.15, -0.1) is 0 Å². The summed E-state index contributed by atoms with van der Waals surface area (Å²) in [4.78, 5) is 2.47. The monoisotopic (exact) mass is 373 g/mol. The number of nitrogens with zero attached hydrogens (tertiary/aromatic N) is 1. The van der Waals surface area contributed by atoms with Crippen LogP contribution in [-0.2, 0) is 13.2 Å². The van der Waals surface area contributed by atoms with Crippen LogP contribution in [0, 0.1) is 5.82 Å². The van der Waals surface area contributed by atoms with Gasteiger partial charge in [0.2, 0.25) is 0 Å². The molecule has 146 valence electrons. The van der Waals surface area contributed by atoms with Crippen LogP contribution in [0.4, 0.5) is 4.39 Å². The second kappa shape index (κ2) is 10.3. The zero-order chi connectivity index (χ0) is 18.9. The van der Waals surface area contributed by atoms with Crippen LogP contribution in [0.15, 0.2) is 42.5 Å². The van der Waals surface area contributed by atoms with Crippen LogP contribution in [-0.4, -0.2) is 51.3 Å². The molecule has 0 spiro atoms. The maximum Gasteiger partial charge on any atom is 0.161 e. The number of methoxy groups -OCH3 is 1. The lowest BCUT2D eigenvalue weighted by atomic mass is 10.2. The molecule has 1 heterocycles. The van der Waals surface area contributed by atoms with E-state index in [1.807, 2.05) is 18.2 Å². The minimum atomic E-state index is -0.245. The Balaban J connectivity index is 1.47. The Morgan fingerprint density at radius 2 is 1.78 bits per heavy atom. The largest absolute Gasteiger partial charge is 0.493 e. The summed E-state index contributed by atoms with van der Waals surface area (Å²) in [5.74, 6) is 1.15. The van der Waals surface area contributed by atoms with Gasteiger partial charge < -0.3 is 20.1 Å². The highest BCUT2D eigenvalue weighted by atomic mass is 19.1. The van der Waals surface area contributed by atoms with Crippen LogP contribution in [0.5, 0.6) is 11.5 Å². The first-order valence-corrected chi connectivity index (χ1v) is 9.42. The van der Waals surface area contributed by atoms with E-state index in [2.05, 4.69) is 15.5 Å². The Morgan fingerprint density at radius 3 is 2.52 bits per heavy atom. The standard InChI is InChI=1S/C21H28FN3O2/c1-26-21-14-18(15-24-10-13-25-11-8-23-9-12-25)4-7-20(21)27-16-17-2-5-19(22)6-3-17/h2-7,14,23-24H,8-13,15-16H2,1H3. The summed E-state index contributed by atoms with van der Waals surface area (Å²) in [7, 11) is 1.64. The van der Waals surface area contributed by atoms with E-state index in [9.17, 15) is 4.39 Å². The second-order valence-corrected chi connectivity index (χ2v) is 6.67. The lowest BCUT2D eigenvalue weighted by Crippen LogP contribution is -2.45. The van der Waals surface area contributed by atoms with E-state index in [4.69, 9.17) is 9.47 Å². The molecule has 1 fully saturated rings. The molecule has 0 amide bonds. The molecular formula is C21H28FN3O2. The molecule has 0 radical (unpaired) electrons. The second-order valence-electron chi connectivity index (χ2n) is 6.67. The molecule has 2 aromatic rings. The predicted molar refractivity (Wildman–Crippen MR) is 105 cm³/mol. The molecule has 6 heteroatoms. The summed E-state index contributed by atoms with van der Waals surface area (Å²) in [6, 6.07) is 12.3. The Labute approximate surface area is 160 Å². The third-order valence-corrected chi connectivity index (χ3v) is 4.68. The molecular weight excluding hydrogens is 345 g/mol. The van der Waals surface area contributed by atoms with Gasteiger partial charge in [0.15, 0.2) is 11.5 Å². The molecule has 1 saturated heterocycles. The van der Waals surface area contributed by atoms with Crippen molar-refractivity contribution in [1.29, 1.82) is 0 Å². The van der Waals surface area contributed by atoms with E-state index in [0.717, 1.165) is 56.9 Å². The van der Waals surface area contributed by atoms with Gasteiger partial charge in [0.1, 0.15) is 12.4 Å². The van der Waals surface area contributed by atoms with Gasteiger partial charge in [-0.05, 0) is 35.4 Å². The number of hydrogen-bond acceptors (Lipinski definition) is 5. The van der Waals surface area contributed by atoms with Gasteiger partial charge in [0.25, 0.3) is 0 Å². The zero-order valence-corrected chi connectivity index (χ0v) is 15.8. The molecule has 27 heavy (non-hydrogen) atoms. The average molecular weight is 373 g/mol. The fourth-order valence-electron chi connectivity index (χ4n) is 3.09. The highest BCUT2D eigenvalue weighted by Gasteiger charge is 2.09. The van der Waals surface area contributed by atoms with Crippen LogP contribution in [0.25, 0.3) is 0 Å². The first-order valence-electron chi connectivity index (χ1n) is 9.42. The van der Waals surface area contributed by atoms with E-state index < -0.39 is 0 Å². The summed E-state index contributed by atoms with van der Waals surface area (Å²) in [6.07, 6.45) is 0. The van der Waals surface area contributed by atoms with Crippen molar-refractivity contribution in [2.75, 3.05) is 46.4 Å². The van der Waals surface area contributed by atoms with Gasteiger partial charge >= 0.3 is 0 Å². The van der Waals surface area contributed by atoms with Gasteiger partial charge in [0.05, 0.1) is 7.11 Å². The summed E-state index contributed by atoms with van der Waals surface area (Å²) in [6.45, 7) is 7.60. The molecule has 0 atom stereocenters. The molecule has 0 saturated carbocycles. The number of nitrogens with one attached hydrogen (secondary N) is 2.